The van der Waals surface area contributed by atoms with Gasteiger partial charge in [0.15, 0.2) is 0 Å². The molecule has 2 rings (SSSR count). The number of phenols is 2. The van der Waals surface area contributed by atoms with E-state index in [1.54, 1.807) is 12.1 Å². The third kappa shape index (κ3) is 1.92. The summed E-state index contributed by atoms with van der Waals surface area (Å²) in [4.78, 5) is 0. The summed E-state index contributed by atoms with van der Waals surface area (Å²) in [6, 6.07) is 4.69. The van der Waals surface area contributed by atoms with E-state index >= 15 is 0 Å². The number of rotatable bonds is 2. The first-order chi connectivity index (χ1) is 6.24. The van der Waals surface area contributed by atoms with Crippen LogP contribution in [-0.2, 0) is 11.2 Å². The lowest BCUT2D eigenvalue weighted by Gasteiger charge is -2.25. The first-order valence-corrected chi connectivity index (χ1v) is 4.33. The van der Waals surface area contributed by atoms with Crippen LogP contribution in [0.4, 0.5) is 0 Å². The fraction of sp³-hybridized carbons (Fsp3) is 0.400. The first-order valence-electron chi connectivity index (χ1n) is 4.33. The zero-order valence-corrected chi connectivity index (χ0v) is 7.23. The van der Waals surface area contributed by atoms with Crippen molar-refractivity contribution in [2.24, 2.45) is 5.92 Å². The second-order valence-corrected chi connectivity index (χ2v) is 3.47. The lowest BCUT2D eigenvalue weighted by molar-refractivity contribution is -0.0312. The Morgan fingerprint density at radius 2 is 1.77 bits per heavy atom. The molecule has 2 N–H and O–H groups in total. The lowest BCUT2D eigenvalue weighted by Crippen LogP contribution is -2.29. The predicted octanol–water partition coefficient (Wildman–Crippen LogP) is 1.29. The van der Waals surface area contributed by atoms with Crippen LogP contribution in [-0.4, -0.2) is 23.4 Å². The molecule has 3 heteroatoms. The second kappa shape index (κ2) is 3.26. The maximum Gasteiger partial charge on any atom is 0.119 e. The van der Waals surface area contributed by atoms with Crippen LogP contribution in [0.3, 0.4) is 0 Å². The van der Waals surface area contributed by atoms with Gasteiger partial charge in [-0.1, -0.05) is 0 Å². The van der Waals surface area contributed by atoms with Gasteiger partial charge in [0.1, 0.15) is 11.5 Å². The fourth-order valence-electron chi connectivity index (χ4n) is 1.51. The van der Waals surface area contributed by atoms with Gasteiger partial charge in [-0.25, -0.2) is 0 Å². The Morgan fingerprint density at radius 1 is 1.15 bits per heavy atom. The number of aromatic hydroxyl groups is 2. The Morgan fingerprint density at radius 3 is 2.23 bits per heavy atom. The molecule has 0 radical (unpaired) electrons. The molecule has 0 unspecified atom stereocenters. The van der Waals surface area contributed by atoms with Crippen molar-refractivity contribution in [2.75, 3.05) is 13.2 Å². The van der Waals surface area contributed by atoms with E-state index in [4.69, 9.17) is 4.74 Å². The number of hydrogen-bond acceptors (Lipinski definition) is 3. The summed E-state index contributed by atoms with van der Waals surface area (Å²) in [5.74, 6) is 0.784. The molecule has 13 heavy (non-hydrogen) atoms. The molecular weight excluding hydrogens is 168 g/mol. The minimum Gasteiger partial charge on any atom is -0.508 e. The average Bonchev–Trinajstić information content (AvgIpc) is 1.95. The average molecular weight is 180 g/mol. The molecule has 0 amide bonds. The highest BCUT2D eigenvalue weighted by Crippen LogP contribution is 2.24. The van der Waals surface area contributed by atoms with Crippen LogP contribution in [0, 0.1) is 5.92 Å². The summed E-state index contributed by atoms with van der Waals surface area (Å²) in [6.07, 6.45) is 0.863. The van der Waals surface area contributed by atoms with Gasteiger partial charge in [0.2, 0.25) is 0 Å². The summed E-state index contributed by atoms with van der Waals surface area (Å²) in [6.45, 7) is 1.58. The largest absolute Gasteiger partial charge is 0.508 e. The molecule has 1 aliphatic heterocycles. The van der Waals surface area contributed by atoms with E-state index in [1.165, 1.54) is 6.07 Å². The molecule has 1 heterocycles. The van der Waals surface area contributed by atoms with Crippen LogP contribution in [0.15, 0.2) is 18.2 Å². The highest BCUT2D eigenvalue weighted by Gasteiger charge is 2.18. The molecule has 0 bridgehead atoms. The van der Waals surface area contributed by atoms with Crippen molar-refractivity contribution in [2.45, 2.75) is 6.42 Å². The molecular formula is C10H12O3. The van der Waals surface area contributed by atoms with Gasteiger partial charge in [-0.3, -0.25) is 0 Å². The molecule has 70 valence electrons. The van der Waals surface area contributed by atoms with Crippen LogP contribution >= 0.6 is 0 Å². The Hall–Kier alpha value is -1.22. The molecule has 1 aromatic carbocycles. The molecule has 3 nitrogen and oxygen atoms in total. The Kier molecular flexibility index (Phi) is 2.10. The zero-order valence-electron chi connectivity index (χ0n) is 7.23. The van der Waals surface area contributed by atoms with Crippen LogP contribution in [0.2, 0.25) is 0 Å². The molecule has 1 aromatic rings. The maximum absolute atomic E-state index is 9.21. The van der Waals surface area contributed by atoms with Gasteiger partial charge >= 0.3 is 0 Å². The minimum absolute atomic E-state index is 0.121. The standard InChI is InChI=1S/C10H12O3/c11-9-2-7(3-10(12)4-9)1-8-5-13-6-8/h2-4,8,11-12H,1,5-6H2. The normalized spacial score (nSPS) is 16.9. The second-order valence-electron chi connectivity index (χ2n) is 3.47. The first kappa shape index (κ1) is 8.38. The number of ether oxygens (including phenoxy) is 1. The maximum atomic E-state index is 9.21. The zero-order chi connectivity index (χ0) is 9.26. The molecule has 0 saturated carbocycles. The van der Waals surface area contributed by atoms with E-state index in [9.17, 15) is 10.2 Å². The Bertz CT molecular complexity index is 285. The van der Waals surface area contributed by atoms with Gasteiger partial charge in [0, 0.05) is 12.0 Å². The van der Waals surface area contributed by atoms with Crippen molar-refractivity contribution in [3.8, 4) is 11.5 Å². The number of phenolic OH excluding ortho intramolecular Hbond substituents is 2. The Labute approximate surface area is 76.6 Å². The fourth-order valence-corrected chi connectivity index (χ4v) is 1.51. The highest BCUT2D eigenvalue weighted by molar-refractivity contribution is 5.36. The van der Waals surface area contributed by atoms with Crippen molar-refractivity contribution >= 4 is 0 Å². The van der Waals surface area contributed by atoms with E-state index in [1.807, 2.05) is 0 Å². The van der Waals surface area contributed by atoms with Gasteiger partial charge in [0.05, 0.1) is 13.2 Å². The Balaban J connectivity index is 2.10. The summed E-state index contributed by atoms with van der Waals surface area (Å²) in [5.41, 5.74) is 0.964. The van der Waals surface area contributed by atoms with E-state index in [0.717, 1.165) is 25.2 Å². The SMILES string of the molecule is Oc1cc(O)cc(CC2COC2)c1. The summed E-state index contributed by atoms with van der Waals surface area (Å²) < 4.78 is 5.04. The minimum atomic E-state index is 0.121. The van der Waals surface area contributed by atoms with Crippen molar-refractivity contribution < 1.29 is 14.9 Å². The number of hydrogen-bond donors (Lipinski definition) is 2. The van der Waals surface area contributed by atoms with Crippen molar-refractivity contribution in [1.82, 2.24) is 0 Å². The molecule has 0 aromatic heterocycles. The highest BCUT2D eigenvalue weighted by atomic mass is 16.5. The van der Waals surface area contributed by atoms with Crippen LogP contribution in [0.1, 0.15) is 5.56 Å². The molecule has 1 aliphatic rings. The summed E-state index contributed by atoms with van der Waals surface area (Å²) in [7, 11) is 0. The predicted molar refractivity (Wildman–Crippen MR) is 47.8 cm³/mol. The molecule has 1 fully saturated rings. The molecule has 1 saturated heterocycles. The van der Waals surface area contributed by atoms with Gasteiger partial charge < -0.3 is 14.9 Å². The molecule has 0 atom stereocenters. The van der Waals surface area contributed by atoms with Gasteiger partial charge in [-0.2, -0.15) is 0 Å². The van der Waals surface area contributed by atoms with Crippen molar-refractivity contribution in [3.63, 3.8) is 0 Å². The monoisotopic (exact) mass is 180 g/mol. The third-order valence-electron chi connectivity index (χ3n) is 2.19. The van der Waals surface area contributed by atoms with E-state index in [0.29, 0.717) is 5.92 Å². The van der Waals surface area contributed by atoms with Crippen LogP contribution < -0.4 is 0 Å². The van der Waals surface area contributed by atoms with Crippen LogP contribution in [0.25, 0.3) is 0 Å². The number of benzene rings is 1. The van der Waals surface area contributed by atoms with Crippen LogP contribution in [0.5, 0.6) is 11.5 Å². The van der Waals surface area contributed by atoms with E-state index < -0.39 is 0 Å². The van der Waals surface area contributed by atoms with Crippen molar-refractivity contribution in [1.29, 1.82) is 0 Å². The van der Waals surface area contributed by atoms with Gasteiger partial charge in [-0.05, 0) is 24.1 Å². The molecule has 0 spiro atoms. The molecule has 0 aliphatic carbocycles. The van der Waals surface area contributed by atoms with E-state index in [-0.39, 0.29) is 11.5 Å². The van der Waals surface area contributed by atoms with Gasteiger partial charge in [-0.15, -0.1) is 0 Å². The third-order valence-corrected chi connectivity index (χ3v) is 2.19. The van der Waals surface area contributed by atoms with Gasteiger partial charge in [0.25, 0.3) is 0 Å². The van der Waals surface area contributed by atoms with E-state index in [2.05, 4.69) is 0 Å². The van der Waals surface area contributed by atoms with Crippen molar-refractivity contribution in [3.05, 3.63) is 23.8 Å². The summed E-state index contributed by atoms with van der Waals surface area (Å²) >= 11 is 0. The smallest absolute Gasteiger partial charge is 0.119 e. The quantitative estimate of drug-likeness (QED) is 0.721. The summed E-state index contributed by atoms with van der Waals surface area (Å²) in [5, 5.41) is 18.4. The topological polar surface area (TPSA) is 49.7 Å². The lowest BCUT2D eigenvalue weighted by atomic mass is 9.98.